The standard InChI is InChI=1S/C11H15BrN2O/c1-14(2)13-11(15)8-5-9-3-6-10(12)7-4-9/h3-4,6-7H,5,8H2,1-2H3,(H,13,15). The van der Waals surface area contributed by atoms with Gasteiger partial charge in [-0.15, -0.1) is 0 Å². The van der Waals surface area contributed by atoms with E-state index in [1.54, 1.807) is 19.1 Å². The van der Waals surface area contributed by atoms with Crippen molar-refractivity contribution >= 4 is 21.8 Å². The molecular weight excluding hydrogens is 256 g/mol. The number of carbonyl (C=O) groups excluding carboxylic acids is 1. The lowest BCUT2D eigenvalue weighted by atomic mass is 10.1. The van der Waals surface area contributed by atoms with E-state index in [0.29, 0.717) is 6.42 Å². The average molecular weight is 271 g/mol. The Kier molecular flexibility index (Phi) is 4.78. The topological polar surface area (TPSA) is 32.3 Å². The lowest BCUT2D eigenvalue weighted by molar-refractivity contribution is -0.124. The average Bonchev–Trinajstić information content (AvgIpc) is 2.16. The van der Waals surface area contributed by atoms with Gasteiger partial charge >= 0.3 is 0 Å². The van der Waals surface area contributed by atoms with Gasteiger partial charge in [-0.25, -0.2) is 5.01 Å². The first-order valence-electron chi connectivity index (χ1n) is 4.79. The van der Waals surface area contributed by atoms with E-state index in [4.69, 9.17) is 0 Å². The third-order valence-electron chi connectivity index (χ3n) is 1.90. The maximum atomic E-state index is 11.3. The number of nitrogens with one attached hydrogen (secondary N) is 1. The number of hydrogen-bond acceptors (Lipinski definition) is 2. The van der Waals surface area contributed by atoms with Crippen LogP contribution in [0, 0.1) is 0 Å². The summed E-state index contributed by atoms with van der Waals surface area (Å²) in [4.78, 5) is 11.3. The van der Waals surface area contributed by atoms with Crippen molar-refractivity contribution in [1.29, 1.82) is 0 Å². The van der Waals surface area contributed by atoms with Gasteiger partial charge < -0.3 is 0 Å². The molecule has 0 saturated carbocycles. The van der Waals surface area contributed by atoms with Crippen molar-refractivity contribution in [2.75, 3.05) is 14.1 Å². The lowest BCUT2D eigenvalue weighted by Gasteiger charge is -2.11. The number of hydrazine groups is 1. The number of halogens is 1. The summed E-state index contributed by atoms with van der Waals surface area (Å²) < 4.78 is 1.06. The second-order valence-electron chi connectivity index (χ2n) is 3.56. The zero-order valence-corrected chi connectivity index (χ0v) is 10.5. The molecule has 0 spiro atoms. The molecule has 0 saturated heterocycles. The molecule has 0 aliphatic rings. The van der Waals surface area contributed by atoms with Crippen molar-refractivity contribution in [1.82, 2.24) is 10.4 Å². The second kappa shape index (κ2) is 5.88. The first-order valence-corrected chi connectivity index (χ1v) is 5.58. The molecule has 0 atom stereocenters. The Morgan fingerprint density at radius 3 is 2.47 bits per heavy atom. The number of rotatable bonds is 4. The maximum absolute atomic E-state index is 11.3. The van der Waals surface area contributed by atoms with Gasteiger partial charge in [-0.2, -0.15) is 0 Å². The largest absolute Gasteiger partial charge is 0.289 e. The SMILES string of the molecule is CN(C)NC(=O)CCc1ccc(Br)cc1. The highest BCUT2D eigenvalue weighted by molar-refractivity contribution is 9.10. The summed E-state index contributed by atoms with van der Waals surface area (Å²) >= 11 is 3.37. The molecule has 0 bridgehead atoms. The quantitative estimate of drug-likeness (QED) is 0.849. The minimum absolute atomic E-state index is 0.0444. The van der Waals surface area contributed by atoms with Crippen molar-refractivity contribution in [2.24, 2.45) is 0 Å². The number of benzene rings is 1. The van der Waals surface area contributed by atoms with Crippen LogP contribution in [0.2, 0.25) is 0 Å². The highest BCUT2D eigenvalue weighted by atomic mass is 79.9. The normalized spacial score (nSPS) is 10.4. The van der Waals surface area contributed by atoms with Crippen molar-refractivity contribution in [2.45, 2.75) is 12.8 Å². The minimum Gasteiger partial charge on any atom is -0.289 e. The molecule has 0 aliphatic heterocycles. The van der Waals surface area contributed by atoms with E-state index in [0.717, 1.165) is 10.9 Å². The molecule has 1 aromatic rings. The minimum atomic E-state index is 0.0444. The molecule has 0 heterocycles. The van der Waals surface area contributed by atoms with Gasteiger partial charge in [0.25, 0.3) is 0 Å². The Labute approximate surface area is 98.6 Å². The van der Waals surface area contributed by atoms with Gasteiger partial charge in [0.05, 0.1) is 0 Å². The van der Waals surface area contributed by atoms with Crippen molar-refractivity contribution in [3.63, 3.8) is 0 Å². The molecular formula is C11H15BrN2O. The number of hydrogen-bond donors (Lipinski definition) is 1. The van der Waals surface area contributed by atoms with E-state index < -0.39 is 0 Å². The van der Waals surface area contributed by atoms with Crippen LogP contribution in [0.25, 0.3) is 0 Å². The summed E-state index contributed by atoms with van der Waals surface area (Å²) in [6.45, 7) is 0. The van der Waals surface area contributed by atoms with Crippen LogP contribution in [0.4, 0.5) is 0 Å². The van der Waals surface area contributed by atoms with Gasteiger partial charge in [-0.1, -0.05) is 28.1 Å². The summed E-state index contributed by atoms with van der Waals surface area (Å²) in [6.07, 6.45) is 1.28. The molecule has 0 unspecified atom stereocenters. The van der Waals surface area contributed by atoms with Gasteiger partial charge in [0.15, 0.2) is 0 Å². The summed E-state index contributed by atoms with van der Waals surface area (Å²) in [5.41, 5.74) is 3.88. The third kappa shape index (κ3) is 4.95. The molecule has 1 N–H and O–H groups in total. The molecule has 15 heavy (non-hydrogen) atoms. The Bertz CT molecular complexity index is 322. The van der Waals surface area contributed by atoms with Crippen LogP contribution in [-0.4, -0.2) is 25.0 Å². The Morgan fingerprint density at radius 2 is 1.93 bits per heavy atom. The highest BCUT2D eigenvalue weighted by Gasteiger charge is 2.02. The zero-order chi connectivity index (χ0) is 11.3. The Balaban J connectivity index is 2.37. The van der Waals surface area contributed by atoms with Crippen LogP contribution in [-0.2, 0) is 11.2 Å². The molecule has 1 aromatic carbocycles. The predicted molar refractivity (Wildman–Crippen MR) is 64.3 cm³/mol. The van der Waals surface area contributed by atoms with Crippen LogP contribution in [0.3, 0.4) is 0 Å². The van der Waals surface area contributed by atoms with Crippen molar-refractivity contribution in [3.05, 3.63) is 34.3 Å². The van der Waals surface area contributed by atoms with Crippen LogP contribution in [0.5, 0.6) is 0 Å². The summed E-state index contributed by atoms with van der Waals surface area (Å²) in [5, 5.41) is 1.66. The van der Waals surface area contributed by atoms with E-state index in [2.05, 4.69) is 21.4 Å². The summed E-state index contributed by atoms with van der Waals surface area (Å²) in [5.74, 6) is 0.0444. The number of carbonyl (C=O) groups is 1. The molecule has 0 fully saturated rings. The second-order valence-corrected chi connectivity index (χ2v) is 4.47. The Hall–Kier alpha value is -0.870. The monoisotopic (exact) mass is 270 g/mol. The number of amides is 1. The number of nitrogens with zero attached hydrogens (tertiary/aromatic N) is 1. The van der Waals surface area contributed by atoms with Crippen LogP contribution < -0.4 is 5.43 Å². The van der Waals surface area contributed by atoms with Gasteiger partial charge in [0, 0.05) is 25.0 Å². The molecule has 3 nitrogen and oxygen atoms in total. The Morgan fingerprint density at radius 1 is 1.33 bits per heavy atom. The van der Waals surface area contributed by atoms with E-state index in [1.165, 1.54) is 5.56 Å². The van der Waals surface area contributed by atoms with E-state index in [9.17, 15) is 4.79 Å². The highest BCUT2D eigenvalue weighted by Crippen LogP contribution is 2.11. The van der Waals surface area contributed by atoms with Crippen LogP contribution in [0.15, 0.2) is 28.7 Å². The van der Waals surface area contributed by atoms with Crippen LogP contribution >= 0.6 is 15.9 Å². The molecule has 0 aromatic heterocycles. The third-order valence-corrected chi connectivity index (χ3v) is 2.43. The van der Waals surface area contributed by atoms with Crippen LogP contribution in [0.1, 0.15) is 12.0 Å². The molecule has 4 heteroatoms. The van der Waals surface area contributed by atoms with Crippen molar-refractivity contribution in [3.8, 4) is 0 Å². The summed E-state index contributed by atoms with van der Waals surface area (Å²) in [7, 11) is 3.61. The summed E-state index contributed by atoms with van der Waals surface area (Å²) in [6, 6.07) is 8.01. The number of aryl methyl sites for hydroxylation is 1. The fourth-order valence-electron chi connectivity index (χ4n) is 1.21. The van der Waals surface area contributed by atoms with Crippen molar-refractivity contribution < 1.29 is 4.79 Å². The molecule has 0 aliphatic carbocycles. The fourth-order valence-corrected chi connectivity index (χ4v) is 1.48. The lowest BCUT2D eigenvalue weighted by Crippen LogP contribution is -2.36. The fraction of sp³-hybridized carbons (Fsp3) is 0.364. The maximum Gasteiger partial charge on any atom is 0.234 e. The van der Waals surface area contributed by atoms with E-state index >= 15 is 0 Å². The molecule has 1 amide bonds. The zero-order valence-electron chi connectivity index (χ0n) is 8.96. The molecule has 1 rings (SSSR count). The predicted octanol–water partition coefficient (Wildman–Crippen LogP) is 1.97. The van der Waals surface area contributed by atoms with E-state index in [-0.39, 0.29) is 5.91 Å². The first-order chi connectivity index (χ1) is 7.08. The van der Waals surface area contributed by atoms with E-state index in [1.807, 2.05) is 24.3 Å². The molecule has 0 radical (unpaired) electrons. The first kappa shape index (κ1) is 12.2. The van der Waals surface area contributed by atoms with Gasteiger partial charge in [0.2, 0.25) is 5.91 Å². The van der Waals surface area contributed by atoms with Gasteiger partial charge in [-0.3, -0.25) is 10.2 Å². The smallest absolute Gasteiger partial charge is 0.234 e. The van der Waals surface area contributed by atoms with Gasteiger partial charge in [0.1, 0.15) is 0 Å². The molecule has 82 valence electrons. The van der Waals surface area contributed by atoms with Gasteiger partial charge in [-0.05, 0) is 24.1 Å².